The number of carbonyl (C=O) groups is 1. The molecule has 0 bridgehead atoms. The molecule has 1 aliphatic rings. The normalized spacial score (nSPS) is 14.0. The third kappa shape index (κ3) is 2.56. The molecule has 0 unspecified atom stereocenters. The predicted molar refractivity (Wildman–Crippen MR) is 77.5 cm³/mol. The van der Waals surface area contributed by atoms with Gasteiger partial charge < -0.3 is 4.90 Å². The van der Waals surface area contributed by atoms with E-state index >= 15 is 0 Å². The molecular weight excluding hydrogens is 271 g/mol. The maximum atomic E-state index is 13.3. The van der Waals surface area contributed by atoms with E-state index < -0.39 is 5.82 Å². The molecule has 5 nitrogen and oxygen atoms in total. The molecule has 2 aromatic heterocycles. The van der Waals surface area contributed by atoms with Crippen LogP contribution in [-0.4, -0.2) is 27.7 Å². The highest BCUT2D eigenvalue weighted by molar-refractivity contribution is 5.97. The number of nitrogens with zero attached hydrogens (tertiary/aromatic N) is 4. The number of hydrogen-bond donors (Lipinski definition) is 0. The molecule has 3 rings (SSSR count). The van der Waals surface area contributed by atoms with E-state index in [1.165, 1.54) is 16.9 Å². The number of rotatable bonds is 4. The van der Waals surface area contributed by atoms with Crippen molar-refractivity contribution in [2.75, 3.05) is 11.9 Å². The fraction of sp³-hybridized carbons (Fsp3) is 0.267. The molecule has 1 fully saturated rings. The van der Waals surface area contributed by atoms with Gasteiger partial charge in [-0.2, -0.15) is 5.10 Å². The van der Waals surface area contributed by atoms with Crippen molar-refractivity contribution < 1.29 is 9.18 Å². The first-order chi connectivity index (χ1) is 10.1. The van der Waals surface area contributed by atoms with Crippen molar-refractivity contribution in [3.63, 3.8) is 0 Å². The third-order valence-corrected chi connectivity index (χ3v) is 3.49. The topological polar surface area (TPSA) is 51.0 Å². The van der Waals surface area contributed by atoms with Crippen molar-refractivity contribution >= 4 is 17.7 Å². The lowest BCUT2D eigenvalue weighted by Gasteiger charge is -2.15. The second-order valence-corrected chi connectivity index (χ2v) is 5.08. The van der Waals surface area contributed by atoms with Crippen LogP contribution in [0.3, 0.4) is 0 Å². The molecule has 0 aromatic carbocycles. The van der Waals surface area contributed by atoms with Gasteiger partial charge in [0, 0.05) is 19.0 Å². The van der Waals surface area contributed by atoms with Gasteiger partial charge >= 0.3 is 0 Å². The van der Waals surface area contributed by atoms with E-state index in [0.717, 1.165) is 19.0 Å². The summed E-state index contributed by atoms with van der Waals surface area (Å²) in [4.78, 5) is 17.5. The van der Waals surface area contributed by atoms with Crippen LogP contribution >= 0.6 is 0 Å². The Morgan fingerprint density at radius 2 is 2.29 bits per heavy atom. The molecule has 108 valence electrons. The number of hydrogen-bond acceptors (Lipinski definition) is 3. The zero-order valence-corrected chi connectivity index (χ0v) is 11.7. The fourth-order valence-corrected chi connectivity index (χ4v) is 2.16. The Labute approximate surface area is 121 Å². The van der Waals surface area contributed by atoms with Crippen LogP contribution in [0.1, 0.15) is 18.5 Å². The molecule has 6 heteroatoms. The van der Waals surface area contributed by atoms with Gasteiger partial charge in [0.25, 0.3) is 0 Å². The molecular formula is C15H15FN4O. The Bertz CT molecular complexity index is 705. The van der Waals surface area contributed by atoms with Crippen LogP contribution in [0.5, 0.6) is 0 Å². The maximum Gasteiger partial charge on any atom is 0.229 e. The first kappa shape index (κ1) is 13.5. The van der Waals surface area contributed by atoms with E-state index in [1.807, 2.05) is 0 Å². The number of anilines is 1. The van der Waals surface area contributed by atoms with E-state index in [4.69, 9.17) is 0 Å². The summed E-state index contributed by atoms with van der Waals surface area (Å²) >= 11 is 0. The summed E-state index contributed by atoms with van der Waals surface area (Å²) in [5.74, 6) is -0.242. The largest absolute Gasteiger partial charge is 0.312 e. The average molecular weight is 286 g/mol. The summed E-state index contributed by atoms with van der Waals surface area (Å²) < 4.78 is 14.8. The molecule has 1 saturated carbocycles. The van der Waals surface area contributed by atoms with Gasteiger partial charge in [-0.05, 0) is 18.9 Å². The van der Waals surface area contributed by atoms with Crippen LogP contribution in [0.2, 0.25) is 0 Å². The Balaban J connectivity index is 1.98. The number of aromatic nitrogens is 3. The molecule has 21 heavy (non-hydrogen) atoms. The minimum absolute atomic E-state index is 0.0787. The van der Waals surface area contributed by atoms with E-state index in [2.05, 4.69) is 16.7 Å². The van der Waals surface area contributed by atoms with E-state index in [0.29, 0.717) is 17.1 Å². The van der Waals surface area contributed by atoms with Crippen molar-refractivity contribution in [3.05, 3.63) is 42.7 Å². The molecule has 0 atom stereocenters. The summed E-state index contributed by atoms with van der Waals surface area (Å²) in [6, 6.07) is 1.33. The molecule has 0 saturated heterocycles. The van der Waals surface area contributed by atoms with Crippen molar-refractivity contribution in [1.82, 2.24) is 14.8 Å². The van der Waals surface area contributed by atoms with Crippen LogP contribution < -0.4 is 4.90 Å². The lowest BCUT2D eigenvalue weighted by atomic mass is 10.3. The molecule has 0 radical (unpaired) electrons. The number of amides is 1. The second kappa shape index (κ2) is 5.12. The Kier molecular flexibility index (Phi) is 3.29. The minimum Gasteiger partial charge on any atom is -0.312 e. The number of halogens is 1. The Hall–Kier alpha value is -2.50. The summed E-state index contributed by atoms with van der Waals surface area (Å²) in [6.45, 7) is 3.71. The molecule has 0 N–H and O–H groups in total. The standard InChI is InChI=1S/C15H15FN4O/c1-3-13-14(19(2)15(21)10-4-5-10)9-20(18-13)12-6-11(16)7-17-8-12/h3,6-10H,1,4-5H2,2H3. The molecule has 2 aromatic rings. The molecule has 1 amide bonds. The smallest absolute Gasteiger partial charge is 0.229 e. The van der Waals surface area contributed by atoms with Gasteiger partial charge in [0.1, 0.15) is 11.5 Å². The summed E-state index contributed by atoms with van der Waals surface area (Å²) in [5.41, 5.74) is 1.73. The van der Waals surface area contributed by atoms with Gasteiger partial charge in [0.2, 0.25) is 5.91 Å². The van der Waals surface area contributed by atoms with Gasteiger partial charge in [0.05, 0.1) is 30.0 Å². The molecule has 1 aliphatic carbocycles. The molecule has 0 aliphatic heterocycles. The SMILES string of the molecule is C=Cc1nn(-c2cncc(F)c2)cc1N(C)C(=O)C1CC1. The lowest BCUT2D eigenvalue weighted by Crippen LogP contribution is -2.27. The third-order valence-electron chi connectivity index (χ3n) is 3.49. The fourth-order valence-electron chi connectivity index (χ4n) is 2.16. The maximum absolute atomic E-state index is 13.3. The van der Waals surface area contributed by atoms with Crippen LogP contribution in [-0.2, 0) is 4.79 Å². The van der Waals surface area contributed by atoms with Crippen LogP contribution in [0.15, 0.2) is 31.2 Å². The van der Waals surface area contributed by atoms with Gasteiger partial charge in [-0.1, -0.05) is 6.58 Å². The van der Waals surface area contributed by atoms with Gasteiger partial charge in [-0.15, -0.1) is 0 Å². The van der Waals surface area contributed by atoms with Crippen LogP contribution in [0.25, 0.3) is 11.8 Å². The first-order valence-corrected chi connectivity index (χ1v) is 6.70. The summed E-state index contributed by atoms with van der Waals surface area (Å²) in [6.07, 6.45) is 7.78. The van der Waals surface area contributed by atoms with Crippen molar-refractivity contribution in [2.45, 2.75) is 12.8 Å². The van der Waals surface area contributed by atoms with Crippen molar-refractivity contribution in [3.8, 4) is 5.69 Å². The Morgan fingerprint density at radius 1 is 1.52 bits per heavy atom. The number of pyridine rings is 1. The molecule has 0 spiro atoms. The number of carbonyl (C=O) groups excluding carboxylic acids is 1. The highest BCUT2D eigenvalue weighted by atomic mass is 19.1. The van der Waals surface area contributed by atoms with Gasteiger partial charge in [-0.25, -0.2) is 9.07 Å². The minimum atomic E-state index is -0.438. The van der Waals surface area contributed by atoms with Gasteiger partial charge in [-0.3, -0.25) is 9.78 Å². The van der Waals surface area contributed by atoms with Crippen molar-refractivity contribution in [1.29, 1.82) is 0 Å². The average Bonchev–Trinajstić information content (AvgIpc) is 3.24. The summed E-state index contributed by atoms with van der Waals surface area (Å²) in [7, 11) is 1.72. The van der Waals surface area contributed by atoms with E-state index in [9.17, 15) is 9.18 Å². The Morgan fingerprint density at radius 3 is 2.90 bits per heavy atom. The van der Waals surface area contributed by atoms with Gasteiger partial charge in [0.15, 0.2) is 0 Å². The molecule has 2 heterocycles. The first-order valence-electron chi connectivity index (χ1n) is 6.70. The van der Waals surface area contributed by atoms with Crippen LogP contribution in [0.4, 0.5) is 10.1 Å². The lowest BCUT2D eigenvalue weighted by molar-refractivity contribution is -0.119. The zero-order valence-electron chi connectivity index (χ0n) is 11.7. The highest BCUT2D eigenvalue weighted by Crippen LogP contribution is 2.33. The van der Waals surface area contributed by atoms with Crippen molar-refractivity contribution in [2.24, 2.45) is 5.92 Å². The van der Waals surface area contributed by atoms with E-state index in [1.54, 1.807) is 24.2 Å². The second-order valence-electron chi connectivity index (χ2n) is 5.08. The predicted octanol–water partition coefficient (Wildman–Crippen LogP) is 2.42. The quantitative estimate of drug-likeness (QED) is 0.867. The zero-order chi connectivity index (χ0) is 15.0. The van der Waals surface area contributed by atoms with Crippen LogP contribution in [0, 0.1) is 11.7 Å². The monoisotopic (exact) mass is 286 g/mol. The highest BCUT2D eigenvalue weighted by Gasteiger charge is 2.33. The van der Waals surface area contributed by atoms with E-state index in [-0.39, 0.29) is 11.8 Å². The summed E-state index contributed by atoms with van der Waals surface area (Å²) in [5, 5.41) is 4.32.